The summed E-state index contributed by atoms with van der Waals surface area (Å²) in [6.45, 7) is 3.81. The monoisotopic (exact) mass is 451 g/mol. The molecule has 1 aliphatic carbocycles. The minimum atomic E-state index is 0.334. The third-order valence-electron chi connectivity index (χ3n) is 6.57. The first kappa shape index (κ1) is 23.8. The Kier molecular flexibility index (Phi) is 8.54. The van der Waals surface area contributed by atoms with E-state index in [1.165, 1.54) is 48.8 Å². The number of benzene rings is 3. The lowest BCUT2D eigenvalue weighted by molar-refractivity contribution is -0.107. The van der Waals surface area contributed by atoms with Crippen LogP contribution >= 0.6 is 0 Å². The van der Waals surface area contributed by atoms with Crippen molar-refractivity contribution in [3.63, 3.8) is 0 Å². The summed E-state index contributed by atoms with van der Waals surface area (Å²) in [5, 5.41) is 3.15. The van der Waals surface area contributed by atoms with Crippen molar-refractivity contribution in [2.24, 2.45) is 5.92 Å². The largest absolute Gasteiger partial charge is 0.493 e. The molecule has 3 aromatic carbocycles. The molecule has 34 heavy (non-hydrogen) atoms. The lowest BCUT2D eigenvalue weighted by Crippen LogP contribution is -2.18. The van der Waals surface area contributed by atoms with Crippen molar-refractivity contribution in [3.05, 3.63) is 89.0 Å². The standard InChI is InChI=1S/C31H33NO2/c1-24-27(13-8-14-30(24)28-11-6-3-7-12-28)17-15-25-16-18-29(22-32-19-20-33)31(21-25)34-23-26-9-4-2-5-10-26/h3,6-8,11-14,16,18,20-21,26,32H,2,4-5,9-10,19,22-23H2,1H3. The maximum absolute atomic E-state index is 10.7. The van der Waals surface area contributed by atoms with Gasteiger partial charge in [-0.2, -0.15) is 0 Å². The van der Waals surface area contributed by atoms with Crippen LogP contribution in [0.15, 0.2) is 66.7 Å². The molecule has 1 N–H and O–H groups in total. The third-order valence-corrected chi connectivity index (χ3v) is 6.57. The summed E-state index contributed by atoms with van der Waals surface area (Å²) < 4.78 is 6.30. The molecule has 4 rings (SSSR count). The van der Waals surface area contributed by atoms with Gasteiger partial charge in [-0.1, -0.05) is 79.6 Å². The molecule has 0 radical (unpaired) electrons. The van der Waals surface area contributed by atoms with E-state index in [2.05, 4.69) is 72.6 Å². The van der Waals surface area contributed by atoms with Crippen LogP contribution in [0.2, 0.25) is 0 Å². The first-order valence-electron chi connectivity index (χ1n) is 12.3. The van der Waals surface area contributed by atoms with Crippen LogP contribution in [0.3, 0.4) is 0 Å². The van der Waals surface area contributed by atoms with Crippen LogP contribution in [0.25, 0.3) is 11.1 Å². The predicted molar refractivity (Wildman–Crippen MR) is 139 cm³/mol. The van der Waals surface area contributed by atoms with Crippen molar-refractivity contribution in [1.29, 1.82) is 0 Å². The molecule has 0 unspecified atom stereocenters. The van der Waals surface area contributed by atoms with Crippen LogP contribution in [0.4, 0.5) is 0 Å². The summed E-state index contributed by atoms with van der Waals surface area (Å²) in [5.74, 6) is 8.22. The molecule has 0 aromatic heterocycles. The van der Waals surface area contributed by atoms with Gasteiger partial charge in [-0.15, -0.1) is 0 Å². The summed E-state index contributed by atoms with van der Waals surface area (Å²) in [4.78, 5) is 10.7. The van der Waals surface area contributed by atoms with Gasteiger partial charge < -0.3 is 14.8 Å². The highest BCUT2D eigenvalue weighted by Gasteiger charge is 2.15. The zero-order valence-corrected chi connectivity index (χ0v) is 20.0. The van der Waals surface area contributed by atoms with Crippen LogP contribution in [0, 0.1) is 24.7 Å². The Morgan fingerprint density at radius 2 is 1.79 bits per heavy atom. The van der Waals surface area contributed by atoms with E-state index in [0.29, 0.717) is 19.0 Å². The number of carbonyl (C=O) groups is 1. The normalized spacial score (nSPS) is 13.7. The van der Waals surface area contributed by atoms with Gasteiger partial charge in [0, 0.05) is 23.2 Å². The number of nitrogens with one attached hydrogen (secondary N) is 1. The van der Waals surface area contributed by atoms with E-state index in [1.54, 1.807) is 0 Å². The Labute approximate surface area is 203 Å². The van der Waals surface area contributed by atoms with Crippen molar-refractivity contribution in [1.82, 2.24) is 5.32 Å². The van der Waals surface area contributed by atoms with Gasteiger partial charge in [0.2, 0.25) is 0 Å². The molecule has 0 spiro atoms. The van der Waals surface area contributed by atoms with E-state index in [9.17, 15) is 4.79 Å². The first-order chi connectivity index (χ1) is 16.7. The second-order valence-electron chi connectivity index (χ2n) is 9.03. The van der Waals surface area contributed by atoms with Gasteiger partial charge in [-0.25, -0.2) is 0 Å². The number of rotatable bonds is 8. The minimum absolute atomic E-state index is 0.334. The van der Waals surface area contributed by atoms with Gasteiger partial charge in [-0.3, -0.25) is 0 Å². The molecule has 0 heterocycles. The topological polar surface area (TPSA) is 38.3 Å². The number of ether oxygens (including phenoxy) is 1. The van der Waals surface area contributed by atoms with Crippen LogP contribution in [-0.2, 0) is 11.3 Å². The van der Waals surface area contributed by atoms with E-state index >= 15 is 0 Å². The Balaban J connectivity index is 1.56. The molecule has 0 bridgehead atoms. The van der Waals surface area contributed by atoms with Crippen molar-refractivity contribution >= 4 is 6.29 Å². The van der Waals surface area contributed by atoms with E-state index < -0.39 is 0 Å². The molecule has 1 aliphatic rings. The Morgan fingerprint density at radius 1 is 0.971 bits per heavy atom. The van der Waals surface area contributed by atoms with Gasteiger partial charge >= 0.3 is 0 Å². The highest BCUT2D eigenvalue weighted by Crippen LogP contribution is 2.27. The van der Waals surface area contributed by atoms with Crippen LogP contribution in [0.5, 0.6) is 5.75 Å². The Hall–Kier alpha value is -3.35. The summed E-state index contributed by atoms with van der Waals surface area (Å²) in [7, 11) is 0. The van der Waals surface area contributed by atoms with Gasteiger partial charge in [0.25, 0.3) is 0 Å². The molecule has 3 heteroatoms. The molecule has 0 saturated heterocycles. The van der Waals surface area contributed by atoms with Gasteiger partial charge in [-0.05, 0) is 60.6 Å². The maximum Gasteiger partial charge on any atom is 0.133 e. The highest BCUT2D eigenvalue weighted by atomic mass is 16.5. The van der Waals surface area contributed by atoms with Crippen molar-refractivity contribution < 1.29 is 9.53 Å². The van der Waals surface area contributed by atoms with E-state index in [4.69, 9.17) is 4.74 Å². The van der Waals surface area contributed by atoms with Crippen LogP contribution < -0.4 is 10.1 Å². The van der Waals surface area contributed by atoms with E-state index in [0.717, 1.165) is 35.3 Å². The van der Waals surface area contributed by atoms with Gasteiger partial charge in [0.15, 0.2) is 0 Å². The number of carbonyl (C=O) groups excluding carboxylic acids is 1. The summed E-state index contributed by atoms with van der Waals surface area (Å²) in [6, 6.07) is 22.9. The Bertz CT molecular complexity index is 1150. The second-order valence-corrected chi connectivity index (χ2v) is 9.03. The summed E-state index contributed by atoms with van der Waals surface area (Å²) >= 11 is 0. The summed E-state index contributed by atoms with van der Waals surface area (Å²) in [5.41, 5.74) is 6.62. The third kappa shape index (κ3) is 6.37. The molecule has 3 aromatic rings. The minimum Gasteiger partial charge on any atom is -0.493 e. The van der Waals surface area contributed by atoms with Crippen molar-refractivity contribution in [2.75, 3.05) is 13.2 Å². The maximum atomic E-state index is 10.7. The average molecular weight is 452 g/mol. The molecular formula is C31H33NO2. The van der Waals surface area contributed by atoms with Gasteiger partial charge in [0.1, 0.15) is 12.0 Å². The quantitative estimate of drug-likeness (QED) is 0.248. The fraction of sp³-hybridized carbons (Fsp3) is 0.323. The number of aldehydes is 1. The zero-order chi connectivity index (χ0) is 23.6. The molecule has 174 valence electrons. The SMILES string of the molecule is Cc1c(C#Cc2ccc(CNCC=O)c(OCC3CCCCC3)c2)cccc1-c1ccccc1. The van der Waals surface area contributed by atoms with Crippen molar-refractivity contribution in [2.45, 2.75) is 45.6 Å². The predicted octanol–water partition coefficient (Wildman–Crippen LogP) is 6.31. The molecule has 1 saturated carbocycles. The van der Waals surface area contributed by atoms with Gasteiger partial charge in [0.05, 0.1) is 13.2 Å². The van der Waals surface area contributed by atoms with Crippen LogP contribution in [0.1, 0.15) is 54.4 Å². The van der Waals surface area contributed by atoms with Crippen LogP contribution in [-0.4, -0.2) is 19.4 Å². The van der Waals surface area contributed by atoms with Crippen molar-refractivity contribution in [3.8, 4) is 28.7 Å². The molecule has 0 aliphatic heterocycles. The highest BCUT2D eigenvalue weighted by molar-refractivity contribution is 5.70. The lowest BCUT2D eigenvalue weighted by Gasteiger charge is -2.22. The summed E-state index contributed by atoms with van der Waals surface area (Å²) in [6.07, 6.45) is 7.31. The Morgan fingerprint density at radius 3 is 2.59 bits per heavy atom. The fourth-order valence-corrected chi connectivity index (χ4v) is 4.58. The lowest BCUT2D eigenvalue weighted by atomic mass is 9.90. The molecule has 0 atom stereocenters. The second kappa shape index (κ2) is 12.2. The molecule has 3 nitrogen and oxygen atoms in total. The average Bonchev–Trinajstić information content (AvgIpc) is 2.89. The first-order valence-corrected chi connectivity index (χ1v) is 12.3. The molecular weight excluding hydrogens is 418 g/mol. The smallest absolute Gasteiger partial charge is 0.133 e. The molecule has 0 amide bonds. The number of hydrogen-bond donors (Lipinski definition) is 1. The number of hydrogen-bond acceptors (Lipinski definition) is 3. The van der Waals surface area contributed by atoms with E-state index in [-0.39, 0.29) is 0 Å². The molecule has 1 fully saturated rings. The fourth-order valence-electron chi connectivity index (χ4n) is 4.58. The van der Waals surface area contributed by atoms with E-state index in [1.807, 2.05) is 18.2 Å². The zero-order valence-electron chi connectivity index (χ0n) is 20.0.